The van der Waals surface area contributed by atoms with Crippen molar-refractivity contribution in [2.24, 2.45) is 0 Å². The molecule has 65 heavy (non-hydrogen) atoms. The van der Waals surface area contributed by atoms with Crippen molar-refractivity contribution in [3.05, 3.63) is 243 Å². The molecule has 306 valence electrons. The molecule has 3 aromatic heterocycles. The van der Waals surface area contributed by atoms with Gasteiger partial charge in [-0.25, -0.2) is 0 Å². The number of thiophene rings is 1. The van der Waals surface area contributed by atoms with Gasteiger partial charge in [0.2, 0.25) is 0 Å². The molecule has 0 fully saturated rings. The fourth-order valence-electron chi connectivity index (χ4n) is 10.0. The van der Waals surface area contributed by atoms with E-state index in [2.05, 4.69) is 262 Å². The van der Waals surface area contributed by atoms with Gasteiger partial charge in [-0.05, 0) is 109 Å². The SMILES string of the molecule is c1ccc(N(c2ccccc2)c2ccc(-n3c4ccccc4c4ccc5c6ccc7c8ccccc8n(-c8ccc(N(c9ccccc9)c9ccccc9)cc8)c7c6sc5c43)cc2)cc1. The Morgan fingerprint density at radius 1 is 0.246 bits per heavy atom. The third-order valence-electron chi connectivity index (χ3n) is 12.9. The summed E-state index contributed by atoms with van der Waals surface area (Å²) in [5, 5.41) is 7.56. The Bertz CT molecular complexity index is 3520. The van der Waals surface area contributed by atoms with Crippen molar-refractivity contribution in [2.75, 3.05) is 9.80 Å². The zero-order valence-electron chi connectivity index (χ0n) is 35.3. The van der Waals surface area contributed by atoms with Crippen LogP contribution in [-0.4, -0.2) is 9.13 Å². The lowest BCUT2D eigenvalue weighted by molar-refractivity contribution is 1.18. The van der Waals surface area contributed by atoms with Gasteiger partial charge in [0.05, 0.1) is 31.5 Å². The molecular formula is C60H40N4S. The van der Waals surface area contributed by atoms with E-state index in [-0.39, 0.29) is 0 Å². The van der Waals surface area contributed by atoms with E-state index in [1.807, 2.05) is 11.3 Å². The third-order valence-corrected chi connectivity index (χ3v) is 14.1. The van der Waals surface area contributed by atoms with E-state index in [1.165, 1.54) is 63.8 Å². The first-order valence-electron chi connectivity index (χ1n) is 22.1. The Morgan fingerprint density at radius 3 is 0.892 bits per heavy atom. The highest BCUT2D eigenvalue weighted by Crippen LogP contribution is 2.48. The van der Waals surface area contributed by atoms with Gasteiger partial charge in [-0.15, -0.1) is 11.3 Å². The zero-order valence-corrected chi connectivity index (χ0v) is 36.1. The maximum absolute atomic E-state index is 2.48. The smallest absolute Gasteiger partial charge is 0.0719 e. The molecule has 5 heteroatoms. The second-order valence-corrected chi connectivity index (χ2v) is 17.6. The van der Waals surface area contributed by atoms with Crippen LogP contribution in [-0.2, 0) is 0 Å². The van der Waals surface area contributed by atoms with E-state index >= 15 is 0 Å². The van der Waals surface area contributed by atoms with Crippen LogP contribution < -0.4 is 9.80 Å². The topological polar surface area (TPSA) is 16.3 Å². The highest BCUT2D eigenvalue weighted by molar-refractivity contribution is 7.27. The highest BCUT2D eigenvalue weighted by atomic mass is 32.1. The largest absolute Gasteiger partial charge is 0.311 e. The molecule has 3 heterocycles. The Morgan fingerprint density at radius 2 is 0.538 bits per heavy atom. The third kappa shape index (κ3) is 5.97. The van der Waals surface area contributed by atoms with E-state index < -0.39 is 0 Å². The Labute approximate surface area is 380 Å². The van der Waals surface area contributed by atoms with Gasteiger partial charge < -0.3 is 18.9 Å². The van der Waals surface area contributed by atoms with E-state index in [9.17, 15) is 0 Å². The molecule has 0 spiro atoms. The van der Waals surface area contributed by atoms with Gasteiger partial charge >= 0.3 is 0 Å². The first-order valence-corrected chi connectivity index (χ1v) is 22.9. The Balaban J connectivity index is 1.01. The van der Waals surface area contributed by atoms with Crippen molar-refractivity contribution in [1.82, 2.24) is 9.13 Å². The minimum atomic E-state index is 1.11. The summed E-state index contributed by atoms with van der Waals surface area (Å²) in [7, 11) is 0. The number of benzene rings is 10. The number of rotatable bonds is 8. The van der Waals surface area contributed by atoms with Gasteiger partial charge in [-0.3, -0.25) is 0 Å². The van der Waals surface area contributed by atoms with Crippen molar-refractivity contribution in [1.29, 1.82) is 0 Å². The summed E-state index contributed by atoms with van der Waals surface area (Å²) in [6.45, 7) is 0. The molecule has 0 saturated heterocycles. The van der Waals surface area contributed by atoms with Gasteiger partial charge in [0, 0.05) is 77.8 Å². The van der Waals surface area contributed by atoms with Crippen LogP contribution in [0.4, 0.5) is 34.1 Å². The summed E-state index contributed by atoms with van der Waals surface area (Å²) in [6.07, 6.45) is 0. The summed E-state index contributed by atoms with van der Waals surface area (Å²) in [5.41, 5.74) is 13.8. The first-order chi connectivity index (χ1) is 32.3. The van der Waals surface area contributed by atoms with Gasteiger partial charge in [0.1, 0.15) is 0 Å². The number of hydrogen-bond acceptors (Lipinski definition) is 3. The molecule has 13 aromatic rings. The summed E-state index contributed by atoms with van der Waals surface area (Å²) in [4.78, 5) is 4.64. The molecule has 4 nitrogen and oxygen atoms in total. The van der Waals surface area contributed by atoms with Gasteiger partial charge in [0.25, 0.3) is 0 Å². The van der Waals surface area contributed by atoms with Crippen LogP contribution in [0.1, 0.15) is 0 Å². The Kier molecular flexibility index (Phi) is 8.68. The summed E-state index contributed by atoms with van der Waals surface area (Å²) in [5.74, 6) is 0. The van der Waals surface area contributed by atoms with Gasteiger partial charge in [-0.1, -0.05) is 133 Å². The van der Waals surface area contributed by atoms with Crippen molar-refractivity contribution in [3.63, 3.8) is 0 Å². The summed E-state index contributed by atoms with van der Waals surface area (Å²) in [6, 6.07) is 87.7. The first kappa shape index (κ1) is 37.2. The molecule has 0 aliphatic heterocycles. The molecule has 0 unspecified atom stereocenters. The van der Waals surface area contributed by atoms with Crippen LogP contribution in [0.5, 0.6) is 0 Å². The minimum Gasteiger partial charge on any atom is -0.311 e. The lowest BCUT2D eigenvalue weighted by Gasteiger charge is -2.25. The normalized spacial score (nSPS) is 11.7. The van der Waals surface area contributed by atoms with E-state index in [0.29, 0.717) is 0 Å². The monoisotopic (exact) mass is 848 g/mol. The van der Waals surface area contributed by atoms with E-state index in [4.69, 9.17) is 0 Å². The average molecular weight is 849 g/mol. The van der Waals surface area contributed by atoms with Crippen molar-refractivity contribution >= 4 is 109 Å². The molecule has 10 aromatic carbocycles. The molecule has 0 aliphatic carbocycles. The maximum Gasteiger partial charge on any atom is 0.0719 e. The zero-order chi connectivity index (χ0) is 42.8. The molecule has 0 aliphatic rings. The van der Waals surface area contributed by atoms with Crippen LogP contribution in [0, 0.1) is 0 Å². The summed E-state index contributed by atoms with van der Waals surface area (Å²) >= 11 is 1.92. The standard InChI is InChI=1S/C60H40N4S/c1-5-17-41(18-6-1)61(42-19-7-2-8-20-42)45-29-33-47(34-30-45)63-55-27-15-13-25-49(55)51-37-39-53-54-40-38-52-50-26-14-16-28-56(50)64(58(52)60(54)65-59(53)57(51)63)48-35-31-46(32-36-48)62(43-21-9-3-10-22-43)44-23-11-4-12-24-44/h1-40H. The van der Waals surface area contributed by atoms with Gasteiger partial charge in [0.15, 0.2) is 0 Å². The van der Waals surface area contributed by atoms with Crippen LogP contribution in [0.15, 0.2) is 243 Å². The van der Waals surface area contributed by atoms with Crippen LogP contribution in [0.2, 0.25) is 0 Å². The number of fused-ring (bicyclic) bond motifs is 11. The number of para-hydroxylation sites is 6. The fraction of sp³-hybridized carbons (Fsp3) is 0. The molecular weight excluding hydrogens is 809 g/mol. The van der Waals surface area contributed by atoms with Gasteiger partial charge in [-0.2, -0.15) is 0 Å². The molecule has 0 atom stereocenters. The van der Waals surface area contributed by atoms with Crippen LogP contribution in [0.3, 0.4) is 0 Å². The highest BCUT2D eigenvalue weighted by Gasteiger charge is 2.23. The fourth-order valence-corrected chi connectivity index (χ4v) is 11.4. The molecule has 0 amide bonds. The van der Waals surface area contributed by atoms with Crippen LogP contribution in [0.25, 0.3) is 75.2 Å². The molecule has 0 radical (unpaired) electrons. The second-order valence-electron chi connectivity index (χ2n) is 16.5. The summed E-state index contributed by atoms with van der Waals surface area (Å²) < 4.78 is 7.54. The Hall–Kier alpha value is -8.38. The molecule has 0 saturated carbocycles. The quantitative estimate of drug-likeness (QED) is 0.151. The molecule has 0 bridgehead atoms. The molecule has 0 N–H and O–H groups in total. The lowest BCUT2D eigenvalue weighted by atomic mass is 10.1. The lowest BCUT2D eigenvalue weighted by Crippen LogP contribution is -2.09. The number of aromatic nitrogens is 2. The number of anilines is 6. The average Bonchev–Trinajstić information content (AvgIpc) is 4.04. The predicted octanol–water partition coefficient (Wildman–Crippen LogP) is 17.2. The molecule has 13 rings (SSSR count). The second kappa shape index (κ2) is 15.2. The van der Waals surface area contributed by atoms with Crippen LogP contribution >= 0.6 is 11.3 Å². The number of nitrogens with zero attached hydrogens (tertiary/aromatic N) is 4. The van der Waals surface area contributed by atoms with E-state index in [0.717, 1.165) is 45.5 Å². The predicted molar refractivity (Wildman–Crippen MR) is 277 cm³/mol. The van der Waals surface area contributed by atoms with Crippen molar-refractivity contribution in [2.45, 2.75) is 0 Å². The number of hydrogen-bond donors (Lipinski definition) is 0. The van der Waals surface area contributed by atoms with E-state index in [1.54, 1.807) is 0 Å². The maximum atomic E-state index is 2.48. The van der Waals surface area contributed by atoms with Crippen molar-refractivity contribution in [3.8, 4) is 11.4 Å². The minimum absolute atomic E-state index is 1.11. The van der Waals surface area contributed by atoms with Crippen molar-refractivity contribution < 1.29 is 0 Å².